The zero-order chi connectivity index (χ0) is 20.1. The maximum atomic E-state index is 13.0. The molecular weight excluding hydrogens is 370 g/mol. The number of aryl methyl sites for hydroxylation is 1. The predicted octanol–water partition coefficient (Wildman–Crippen LogP) is 0.894. The van der Waals surface area contributed by atoms with Crippen molar-refractivity contribution in [3.63, 3.8) is 0 Å². The third-order valence-corrected chi connectivity index (χ3v) is 5.12. The van der Waals surface area contributed by atoms with Crippen molar-refractivity contribution in [2.24, 2.45) is 0 Å². The number of thiazole rings is 1. The van der Waals surface area contributed by atoms with Crippen LogP contribution in [-0.4, -0.2) is 26.6 Å². The van der Waals surface area contributed by atoms with Crippen LogP contribution in [0.25, 0.3) is 0 Å². The molecule has 2 heterocycles. The zero-order valence-corrected chi connectivity index (χ0v) is 16.6. The van der Waals surface area contributed by atoms with Crippen LogP contribution in [0.2, 0.25) is 0 Å². The molecule has 2 rings (SSSR count). The Labute approximate surface area is 160 Å². The van der Waals surface area contributed by atoms with Crippen molar-refractivity contribution < 1.29 is 4.79 Å². The number of rotatable bonds is 8. The Morgan fingerprint density at radius 3 is 2.48 bits per heavy atom. The Morgan fingerprint density at radius 2 is 1.93 bits per heavy atom. The average Bonchev–Trinajstić information content (AvgIpc) is 2.93. The molecule has 2 aromatic heterocycles. The van der Waals surface area contributed by atoms with Crippen molar-refractivity contribution in [1.82, 2.24) is 14.1 Å². The molecule has 0 saturated carbocycles. The molecule has 0 aromatic carbocycles. The molecule has 10 heteroatoms. The van der Waals surface area contributed by atoms with Gasteiger partial charge in [0.25, 0.3) is 5.56 Å². The van der Waals surface area contributed by atoms with E-state index in [2.05, 4.69) is 4.98 Å². The standard InChI is InChI=1S/C17H25N5O4S/c1-4-6-8-20(12(23)9-22-11(3)10-27-17(22)26)13-14(18)21(7-5-2)16(25)19-15(13)24/h10H,4-9,18H2,1-3H3,(H,19,24,25). The van der Waals surface area contributed by atoms with Crippen molar-refractivity contribution in [1.29, 1.82) is 0 Å². The lowest BCUT2D eigenvalue weighted by atomic mass is 10.2. The number of aromatic nitrogens is 3. The number of nitrogens with zero attached hydrogens (tertiary/aromatic N) is 3. The van der Waals surface area contributed by atoms with Crippen molar-refractivity contribution >= 4 is 28.7 Å². The van der Waals surface area contributed by atoms with E-state index in [0.717, 1.165) is 17.8 Å². The van der Waals surface area contributed by atoms with Gasteiger partial charge in [-0.3, -0.25) is 28.5 Å². The van der Waals surface area contributed by atoms with Crippen molar-refractivity contribution in [2.75, 3.05) is 17.2 Å². The topological polar surface area (TPSA) is 123 Å². The number of hydrogen-bond acceptors (Lipinski definition) is 6. The predicted molar refractivity (Wildman–Crippen MR) is 107 cm³/mol. The first-order chi connectivity index (χ1) is 12.8. The summed E-state index contributed by atoms with van der Waals surface area (Å²) in [5.41, 5.74) is 5.42. The van der Waals surface area contributed by atoms with Gasteiger partial charge in [-0.1, -0.05) is 31.6 Å². The highest BCUT2D eigenvalue weighted by atomic mass is 32.1. The number of nitrogens with two attached hydrogens (primary N) is 1. The molecule has 0 aliphatic rings. The Kier molecular flexibility index (Phi) is 6.78. The van der Waals surface area contributed by atoms with Crippen LogP contribution in [0.1, 0.15) is 38.8 Å². The second kappa shape index (κ2) is 8.85. The molecule has 0 atom stereocenters. The summed E-state index contributed by atoms with van der Waals surface area (Å²) in [4.78, 5) is 52.7. The number of H-pyrrole nitrogens is 1. The SMILES string of the molecule is CCCCN(C(=O)Cn1c(C)csc1=O)c1c(N)n(CCC)c(=O)[nH]c1=O. The lowest BCUT2D eigenvalue weighted by molar-refractivity contribution is -0.119. The highest BCUT2D eigenvalue weighted by molar-refractivity contribution is 7.07. The van der Waals surface area contributed by atoms with Gasteiger partial charge in [0.2, 0.25) is 5.91 Å². The highest BCUT2D eigenvalue weighted by Crippen LogP contribution is 2.18. The van der Waals surface area contributed by atoms with E-state index in [0.29, 0.717) is 25.1 Å². The van der Waals surface area contributed by atoms with Gasteiger partial charge in [-0.15, -0.1) is 0 Å². The molecule has 0 aliphatic carbocycles. The molecule has 0 radical (unpaired) electrons. The second-order valence-electron chi connectivity index (χ2n) is 6.27. The number of amides is 1. The molecule has 148 valence electrons. The molecule has 0 aliphatic heterocycles. The van der Waals surface area contributed by atoms with E-state index in [-0.39, 0.29) is 29.5 Å². The Morgan fingerprint density at radius 1 is 1.22 bits per heavy atom. The minimum absolute atomic E-state index is 0.0376. The largest absolute Gasteiger partial charge is 0.383 e. The second-order valence-corrected chi connectivity index (χ2v) is 7.09. The Balaban J connectivity index is 2.52. The minimum Gasteiger partial charge on any atom is -0.383 e. The number of aromatic amines is 1. The van der Waals surface area contributed by atoms with Crippen LogP contribution < -0.4 is 26.8 Å². The molecule has 0 bridgehead atoms. The number of anilines is 2. The highest BCUT2D eigenvalue weighted by Gasteiger charge is 2.24. The van der Waals surface area contributed by atoms with E-state index >= 15 is 0 Å². The average molecular weight is 395 g/mol. The van der Waals surface area contributed by atoms with E-state index in [1.165, 1.54) is 14.0 Å². The molecule has 1 amide bonds. The van der Waals surface area contributed by atoms with Crippen LogP contribution in [0.15, 0.2) is 19.8 Å². The van der Waals surface area contributed by atoms with E-state index in [1.54, 1.807) is 12.3 Å². The molecule has 0 unspecified atom stereocenters. The summed E-state index contributed by atoms with van der Waals surface area (Å²) >= 11 is 1.01. The summed E-state index contributed by atoms with van der Waals surface area (Å²) in [5.74, 6) is -0.463. The van der Waals surface area contributed by atoms with Gasteiger partial charge < -0.3 is 10.6 Å². The number of carbonyl (C=O) groups is 1. The molecular formula is C17H25N5O4S. The van der Waals surface area contributed by atoms with Crippen molar-refractivity contribution in [3.8, 4) is 0 Å². The number of hydrogen-bond donors (Lipinski definition) is 2. The lowest BCUT2D eigenvalue weighted by Gasteiger charge is -2.24. The lowest BCUT2D eigenvalue weighted by Crippen LogP contribution is -2.43. The van der Waals surface area contributed by atoms with Gasteiger partial charge in [-0.25, -0.2) is 4.79 Å². The number of nitrogen functional groups attached to an aromatic ring is 1. The fraction of sp³-hybridized carbons (Fsp3) is 0.529. The van der Waals surface area contributed by atoms with Gasteiger partial charge in [-0.05, 0) is 19.8 Å². The summed E-state index contributed by atoms with van der Waals surface area (Å²) in [6.45, 7) is 5.98. The monoisotopic (exact) mass is 395 g/mol. The van der Waals surface area contributed by atoms with Crippen LogP contribution in [0.4, 0.5) is 11.5 Å². The van der Waals surface area contributed by atoms with Crippen LogP contribution in [0.5, 0.6) is 0 Å². The van der Waals surface area contributed by atoms with Crippen LogP contribution >= 0.6 is 11.3 Å². The van der Waals surface area contributed by atoms with Gasteiger partial charge in [0, 0.05) is 24.2 Å². The Bertz CT molecular complexity index is 984. The number of nitrogens with one attached hydrogen (secondary N) is 1. The van der Waals surface area contributed by atoms with Crippen LogP contribution in [0, 0.1) is 6.92 Å². The minimum atomic E-state index is -0.705. The molecule has 0 saturated heterocycles. The molecule has 27 heavy (non-hydrogen) atoms. The van der Waals surface area contributed by atoms with Crippen molar-refractivity contribution in [3.05, 3.63) is 41.6 Å². The van der Waals surface area contributed by atoms with E-state index in [1.807, 2.05) is 13.8 Å². The van der Waals surface area contributed by atoms with Crippen LogP contribution in [0.3, 0.4) is 0 Å². The van der Waals surface area contributed by atoms with Gasteiger partial charge in [0.15, 0.2) is 5.69 Å². The van der Waals surface area contributed by atoms with E-state index in [9.17, 15) is 19.2 Å². The summed E-state index contributed by atoms with van der Waals surface area (Å²) in [7, 11) is 0. The van der Waals surface area contributed by atoms with Gasteiger partial charge in [0.1, 0.15) is 12.4 Å². The summed E-state index contributed by atoms with van der Waals surface area (Å²) in [6, 6.07) is 0. The molecule has 9 nitrogen and oxygen atoms in total. The van der Waals surface area contributed by atoms with E-state index in [4.69, 9.17) is 5.73 Å². The first-order valence-corrected chi connectivity index (χ1v) is 9.77. The van der Waals surface area contributed by atoms with Gasteiger partial charge >= 0.3 is 10.6 Å². The molecule has 0 spiro atoms. The van der Waals surface area contributed by atoms with E-state index < -0.39 is 17.2 Å². The smallest absolute Gasteiger partial charge is 0.330 e. The third-order valence-electron chi connectivity index (χ3n) is 4.24. The molecule has 3 N–H and O–H groups in total. The summed E-state index contributed by atoms with van der Waals surface area (Å²) in [6.07, 6.45) is 2.09. The van der Waals surface area contributed by atoms with Crippen molar-refractivity contribution in [2.45, 2.75) is 53.1 Å². The molecule has 2 aromatic rings. The first kappa shape index (κ1) is 20.7. The van der Waals surface area contributed by atoms with Crippen LogP contribution in [-0.2, 0) is 17.9 Å². The quantitative estimate of drug-likeness (QED) is 0.687. The number of carbonyl (C=O) groups excluding carboxylic acids is 1. The number of unbranched alkanes of at least 4 members (excludes halogenated alkanes) is 1. The first-order valence-electron chi connectivity index (χ1n) is 8.89. The fourth-order valence-electron chi connectivity index (χ4n) is 2.78. The normalized spacial score (nSPS) is 10.9. The zero-order valence-electron chi connectivity index (χ0n) is 15.8. The van der Waals surface area contributed by atoms with Gasteiger partial charge in [0.05, 0.1) is 0 Å². The maximum Gasteiger partial charge on any atom is 0.330 e. The molecule has 0 fully saturated rings. The van der Waals surface area contributed by atoms with Gasteiger partial charge in [-0.2, -0.15) is 0 Å². The fourth-order valence-corrected chi connectivity index (χ4v) is 3.51. The third kappa shape index (κ3) is 4.38. The summed E-state index contributed by atoms with van der Waals surface area (Å²) < 4.78 is 2.61. The summed E-state index contributed by atoms with van der Waals surface area (Å²) in [5, 5.41) is 1.68. The Hall–Kier alpha value is -2.62. The maximum absolute atomic E-state index is 13.0.